The minimum absolute atomic E-state index is 0.0595. The van der Waals surface area contributed by atoms with Gasteiger partial charge in [-0.25, -0.2) is 4.98 Å². The number of hydrogen-bond donors (Lipinski definition) is 0. The van der Waals surface area contributed by atoms with E-state index in [0.29, 0.717) is 43.2 Å². The van der Waals surface area contributed by atoms with E-state index in [4.69, 9.17) is 23.2 Å². The van der Waals surface area contributed by atoms with E-state index in [2.05, 4.69) is 4.98 Å². The molecule has 1 aliphatic heterocycles. The third-order valence-electron chi connectivity index (χ3n) is 4.34. The van der Waals surface area contributed by atoms with Gasteiger partial charge in [0, 0.05) is 32.4 Å². The Hall–Kier alpha value is -1.99. The SMILES string of the molecule is O=C(c1ccccc1Cl)N1CCCN(c2ncc(C(F)(F)F)cc2Cl)CC1. The van der Waals surface area contributed by atoms with Crippen molar-refractivity contribution in [2.24, 2.45) is 0 Å². The Morgan fingerprint density at radius 3 is 2.44 bits per heavy atom. The molecule has 1 aromatic heterocycles. The molecule has 2 aromatic rings. The van der Waals surface area contributed by atoms with Crippen molar-refractivity contribution in [3.05, 3.63) is 57.7 Å². The Kier molecular flexibility index (Phi) is 5.81. The predicted octanol–water partition coefficient (Wildman–Crippen LogP) is 4.76. The van der Waals surface area contributed by atoms with Crippen LogP contribution in [0, 0.1) is 0 Å². The lowest BCUT2D eigenvalue weighted by Crippen LogP contribution is -2.35. The Balaban J connectivity index is 1.74. The Morgan fingerprint density at radius 1 is 1.04 bits per heavy atom. The highest BCUT2D eigenvalue weighted by Crippen LogP contribution is 2.33. The van der Waals surface area contributed by atoms with E-state index in [1.165, 1.54) is 0 Å². The molecule has 9 heteroatoms. The van der Waals surface area contributed by atoms with Gasteiger partial charge >= 0.3 is 6.18 Å². The number of carbonyl (C=O) groups excluding carboxylic acids is 1. The fraction of sp³-hybridized carbons (Fsp3) is 0.333. The average Bonchev–Trinajstić information content (AvgIpc) is 2.87. The summed E-state index contributed by atoms with van der Waals surface area (Å²) in [5.74, 6) is 0.116. The summed E-state index contributed by atoms with van der Waals surface area (Å²) >= 11 is 12.1. The molecule has 0 unspecified atom stereocenters. The van der Waals surface area contributed by atoms with Gasteiger partial charge in [-0.15, -0.1) is 0 Å². The smallest absolute Gasteiger partial charge is 0.354 e. The van der Waals surface area contributed by atoms with Crippen LogP contribution in [0.2, 0.25) is 10.0 Å². The van der Waals surface area contributed by atoms with Crippen molar-refractivity contribution < 1.29 is 18.0 Å². The predicted molar refractivity (Wildman–Crippen MR) is 98.4 cm³/mol. The second-order valence-electron chi connectivity index (χ2n) is 6.14. The minimum atomic E-state index is -4.49. The van der Waals surface area contributed by atoms with Gasteiger partial charge < -0.3 is 9.80 Å². The Morgan fingerprint density at radius 2 is 1.78 bits per heavy atom. The number of hydrogen-bond acceptors (Lipinski definition) is 3. The van der Waals surface area contributed by atoms with Crippen molar-refractivity contribution in [1.29, 1.82) is 0 Å². The molecule has 3 rings (SSSR count). The van der Waals surface area contributed by atoms with Crippen molar-refractivity contribution in [2.75, 3.05) is 31.1 Å². The van der Waals surface area contributed by atoms with E-state index < -0.39 is 11.7 Å². The second kappa shape index (κ2) is 7.94. The molecule has 1 amide bonds. The van der Waals surface area contributed by atoms with Crippen LogP contribution in [-0.4, -0.2) is 42.0 Å². The summed E-state index contributed by atoms with van der Waals surface area (Å²) in [6, 6.07) is 7.70. The van der Waals surface area contributed by atoms with Gasteiger partial charge in [0.25, 0.3) is 5.91 Å². The van der Waals surface area contributed by atoms with Gasteiger partial charge in [0.2, 0.25) is 0 Å². The molecule has 0 spiro atoms. The highest BCUT2D eigenvalue weighted by atomic mass is 35.5. The molecule has 0 radical (unpaired) electrons. The summed E-state index contributed by atoms with van der Waals surface area (Å²) in [5.41, 5.74) is -0.458. The molecule has 0 saturated carbocycles. The maximum atomic E-state index is 12.8. The normalized spacial score (nSPS) is 15.6. The van der Waals surface area contributed by atoms with Crippen LogP contribution in [0.25, 0.3) is 0 Å². The first kappa shape index (κ1) is 19.8. The van der Waals surface area contributed by atoms with Gasteiger partial charge in [0.15, 0.2) is 0 Å². The van der Waals surface area contributed by atoms with E-state index in [9.17, 15) is 18.0 Å². The lowest BCUT2D eigenvalue weighted by Gasteiger charge is -2.24. The summed E-state index contributed by atoms with van der Waals surface area (Å²) in [4.78, 5) is 20.1. The molecule has 1 fully saturated rings. The number of rotatable bonds is 2. The van der Waals surface area contributed by atoms with E-state index in [-0.39, 0.29) is 16.7 Å². The molecule has 27 heavy (non-hydrogen) atoms. The van der Waals surface area contributed by atoms with Crippen molar-refractivity contribution in [1.82, 2.24) is 9.88 Å². The largest absolute Gasteiger partial charge is 0.417 e. The Labute approximate surface area is 164 Å². The van der Waals surface area contributed by atoms with Crippen LogP contribution in [0.1, 0.15) is 22.3 Å². The van der Waals surface area contributed by atoms with Crippen molar-refractivity contribution >= 4 is 34.9 Å². The topological polar surface area (TPSA) is 36.4 Å². The van der Waals surface area contributed by atoms with Gasteiger partial charge in [-0.2, -0.15) is 13.2 Å². The number of nitrogens with zero attached hydrogens (tertiary/aromatic N) is 3. The number of aromatic nitrogens is 1. The first-order valence-electron chi connectivity index (χ1n) is 8.29. The minimum Gasteiger partial charge on any atom is -0.354 e. The number of pyridine rings is 1. The molecular formula is C18H16Cl2F3N3O. The van der Waals surface area contributed by atoms with Crippen molar-refractivity contribution in [2.45, 2.75) is 12.6 Å². The zero-order valence-electron chi connectivity index (χ0n) is 14.1. The number of amides is 1. The van der Waals surface area contributed by atoms with Crippen molar-refractivity contribution in [3.8, 4) is 0 Å². The quantitative estimate of drug-likeness (QED) is 0.706. The molecule has 144 valence electrons. The monoisotopic (exact) mass is 417 g/mol. The van der Waals surface area contributed by atoms with Crippen molar-refractivity contribution in [3.63, 3.8) is 0 Å². The van der Waals surface area contributed by atoms with Gasteiger partial charge in [-0.3, -0.25) is 4.79 Å². The van der Waals surface area contributed by atoms with Gasteiger partial charge in [-0.1, -0.05) is 35.3 Å². The summed E-state index contributed by atoms with van der Waals surface area (Å²) in [6.07, 6.45) is -3.08. The number of halogens is 5. The van der Waals surface area contributed by atoms with E-state index in [1.54, 1.807) is 34.1 Å². The van der Waals surface area contributed by atoms with Crippen LogP contribution in [0.4, 0.5) is 19.0 Å². The summed E-state index contributed by atoms with van der Waals surface area (Å²) in [7, 11) is 0. The van der Waals surface area contributed by atoms with Crippen LogP contribution >= 0.6 is 23.2 Å². The molecular weight excluding hydrogens is 402 g/mol. The average molecular weight is 418 g/mol. The summed E-state index contributed by atoms with van der Waals surface area (Å²) in [5, 5.41) is 0.326. The zero-order valence-corrected chi connectivity index (χ0v) is 15.7. The van der Waals surface area contributed by atoms with Crippen LogP contribution in [0.5, 0.6) is 0 Å². The molecule has 4 nitrogen and oxygen atoms in total. The molecule has 0 atom stereocenters. The lowest BCUT2D eigenvalue weighted by atomic mass is 10.2. The maximum absolute atomic E-state index is 12.8. The lowest BCUT2D eigenvalue weighted by molar-refractivity contribution is -0.137. The third kappa shape index (κ3) is 4.47. The number of carbonyl (C=O) groups is 1. The fourth-order valence-electron chi connectivity index (χ4n) is 2.96. The fourth-order valence-corrected chi connectivity index (χ4v) is 3.46. The molecule has 1 saturated heterocycles. The van der Waals surface area contributed by atoms with E-state index in [1.807, 2.05) is 0 Å². The number of benzene rings is 1. The number of anilines is 1. The van der Waals surface area contributed by atoms with Gasteiger partial charge in [-0.05, 0) is 24.6 Å². The van der Waals surface area contributed by atoms with E-state index >= 15 is 0 Å². The first-order valence-corrected chi connectivity index (χ1v) is 9.04. The molecule has 1 aliphatic rings. The zero-order chi connectivity index (χ0) is 19.6. The summed E-state index contributed by atoms with van der Waals surface area (Å²) < 4.78 is 38.3. The first-order chi connectivity index (χ1) is 12.8. The molecule has 0 bridgehead atoms. The molecule has 0 N–H and O–H groups in total. The number of alkyl halides is 3. The highest BCUT2D eigenvalue weighted by Gasteiger charge is 2.32. The van der Waals surface area contributed by atoms with Crippen LogP contribution in [0.15, 0.2) is 36.5 Å². The van der Waals surface area contributed by atoms with Crippen LogP contribution in [-0.2, 0) is 6.18 Å². The standard InChI is InChI=1S/C18H16Cl2F3N3O/c19-14-5-2-1-4-13(14)17(27)26-7-3-6-25(8-9-26)16-15(20)10-12(11-24-16)18(21,22)23/h1-2,4-5,10-11H,3,6-9H2. The second-order valence-corrected chi connectivity index (χ2v) is 6.95. The summed E-state index contributed by atoms with van der Waals surface area (Å²) in [6.45, 7) is 1.85. The van der Waals surface area contributed by atoms with Gasteiger partial charge in [0.1, 0.15) is 5.82 Å². The maximum Gasteiger partial charge on any atom is 0.417 e. The molecule has 0 aliphatic carbocycles. The van der Waals surface area contributed by atoms with Crippen LogP contribution in [0.3, 0.4) is 0 Å². The van der Waals surface area contributed by atoms with Gasteiger partial charge in [0.05, 0.1) is 21.2 Å². The molecule has 2 heterocycles. The molecule has 1 aromatic carbocycles. The third-order valence-corrected chi connectivity index (χ3v) is 4.94. The van der Waals surface area contributed by atoms with E-state index in [0.717, 1.165) is 12.3 Å². The Bertz CT molecular complexity index is 845. The highest BCUT2D eigenvalue weighted by molar-refractivity contribution is 6.34. The van der Waals surface area contributed by atoms with Crippen LogP contribution < -0.4 is 4.90 Å².